The predicted molar refractivity (Wildman–Crippen MR) is 136 cm³/mol. The molecule has 35 heavy (non-hydrogen) atoms. The summed E-state index contributed by atoms with van der Waals surface area (Å²) in [5.41, 5.74) is 4.64. The fourth-order valence-corrected chi connectivity index (χ4v) is 5.42. The molecule has 6 rings (SSSR count). The molecule has 2 bridgehead atoms. The van der Waals surface area contributed by atoms with Gasteiger partial charge in [0.05, 0.1) is 18.5 Å². The van der Waals surface area contributed by atoms with E-state index in [4.69, 9.17) is 4.74 Å². The molecule has 3 aromatic heterocycles. The maximum atomic E-state index is 5.55. The van der Waals surface area contributed by atoms with Crippen molar-refractivity contribution < 1.29 is 4.74 Å². The van der Waals surface area contributed by atoms with E-state index in [1.807, 2.05) is 19.1 Å². The average Bonchev–Trinajstić information content (AvgIpc) is 3.61. The first-order chi connectivity index (χ1) is 17.1. The monoisotopic (exact) mass is 470 g/mol. The second-order valence-corrected chi connectivity index (χ2v) is 9.46. The highest BCUT2D eigenvalue weighted by Crippen LogP contribution is 2.36. The molecule has 0 amide bonds. The highest BCUT2D eigenvalue weighted by molar-refractivity contribution is 5.74. The number of pyridine rings is 1. The quantitative estimate of drug-likeness (QED) is 0.434. The van der Waals surface area contributed by atoms with Crippen molar-refractivity contribution in [1.29, 1.82) is 0 Å². The summed E-state index contributed by atoms with van der Waals surface area (Å²) in [6.45, 7) is 9.37. The molecule has 4 aromatic rings. The first-order valence-corrected chi connectivity index (χ1v) is 12.3. The fourth-order valence-electron chi connectivity index (χ4n) is 5.42. The molecule has 0 radical (unpaired) electrons. The Labute approximate surface area is 204 Å². The zero-order valence-electron chi connectivity index (χ0n) is 20.3. The zero-order chi connectivity index (χ0) is 23.9. The van der Waals surface area contributed by atoms with E-state index >= 15 is 0 Å². The Bertz CT molecular complexity index is 1330. The lowest BCUT2D eigenvalue weighted by Crippen LogP contribution is -2.48. The average molecular weight is 471 g/mol. The summed E-state index contributed by atoms with van der Waals surface area (Å²) in [7, 11) is 0. The van der Waals surface area contributed by atoms with Gasteiger partial charge in [-0.1, -0.05) is 0 Å². The molecule has 5 heterocycles. The Kier molecular flexibility index (Phi) is 5.49. The van der Waals surface area contributed by atoms with Crippen molar-refractivity contribution in [3.63, 3.8) is 0 Å². The van der Waals surface area contributed by atoms with Crippen LogP contribution in [-0.4, -0.2) is 67.3 Å². The van der Waals surface area contributed by atoms with Crippen molar-refractivity contribution in [3.05, 3.63) is 55.1 Å². The second kappa shape index (κ2) is 8.81. The van der Waals surface area contributed by atoms with Crippen LogP contribution in [-0.2, 0) is 0 Å². The van der Waals surface area contributed by atoms with Gasteiger partial charge in [0.25, 0.3) is 0 Å². The van der Waals surface area contributed by atoms with Crippen LogP contribution in [0.4, 0.5) is 17.2 Å². The smallest absolute Gasteiger partial charge is 0.213 e. The van der Waals surface area contributed by atoms with E-state index in [0.717, 1.165) is 30.0 Å². The number of ether oxygens (including phenoxy) is 1. The number of hydrogen-bond donors (Lipinski definition) is 1. The van der Waals surface area contributed by atoms with Crippen molar-refractivity contribution in [3.8, 4) is 17.1 Å². The topological polar surface area (TPSA) is 83.7 Å². The molecule has 0 aliphatic carbocycles. The summed E-state index contributed by atoms with van der Waals surface area (Å²) >= 11 is 0. The van der Waals surface area contributed by atoms with Gasteiger partial charge in [-0.2, -0.15) is 5.10 Å². The van der Waals surface area contributed by atoms with Crippen LogP contribution >= 0.6 is 0 Å². The van der Waals surface area contributed by atoms with Gasteiger partial charge in [0, 0.05) is 60.4 Å². The number of likely N-dealkylation sites (tertiary alicyclic amines) is 1. The Morgan fingerprint density at radius 1 is 1.06 bits per heavy atom. The van der Waals surface area contributed by atoms with E-state index in [-0.39, 0.29) is 0 Å². The van der Waals surface area contributed by atoms with E-state index in [1.165, 1.54) is 12.1 Å². The van der Waals surface area contributed by atoms with E-state index in [2.05, 4.69) is 73.3 Å². The molecule has 1 N–H and O–H groups in total. The number of benzene rings is 1. The van der Waals surface area contributed by atoms with Crippen LogP contribution in [0, 0.1) is 0 Å². The minimum atomic E-state index is 0.560. The molecule has 2 aliphatic rings. The number of aromatic nitrogens is 5. The van der Waals surface area contributed by atoms with Crippen molar-refractivity contribution in [1.82, 2.24) is 29.5 Å². The zero-order valence-corrected chi connectivity index (χ0v) is 20.3. The minimum Gasteiger partial charge on any atom is -0.478 e. The maximum absolute atomic E-state index is 5.55. The molecule has 0 unspecified atom stereocenters. The van der Waals surface area contributed by atoms with Crippen LogP contribution in [0.1, 0.15) is 27.2 Å². The van der Waals surface area contributed by atoms with Gasteiger partial charge in [-0.05, 0) is 57.5 Å². The Morgan fingerprint density at radius 2 is 1.91 bits per heavy atom. The van der Waals surface area contributed by atoms with Crippen LogP contribution in [0.5, 0.6) is 5.88 Å². The summed E-state index contributed by atoms with van der Waals surface area (Å²) < 4.78 is 7.34. The Balaban J connectivity index is 1.21. The molecule has 2 fully saturated rings. The van der Waals surface area contributed by atoms with Crippen molar-refractivity contribution in [2.24, 2.45) is 0 Å². The minimum absolute atomic E-state index is 0.560. The summed E-state index contributed by atoms with van der Waals surface area (Å²) in [6, 6.07) is 14.3. The van der Waals surface area contributed by atoms with E-state index in [9.17, 15) is 0 Å². The van der Waals surface area contributed by atoms with Crippen molar-refractivity contribution >= 4 is 22.8 Å². The van der Waals surface area contributed by atoms with Gasteiger partial charge in [-0.3, -0.25) is 4.90 Å². The third-order valence-electron chi connectivity index (χ3n) is 7.03. The van der Waals surface area contributed by atoms with Crippen LogP contribution < -0.4 is 15.0 Å². The van der Waals surface area contributed by atoms with Gasteiger partial charge in [0.15, 0.2) is 11.5 Å². The van der Waals surface area contributed by atoms with Gasteiger partial charge >= 0.3 is 0 Å². The van der Waals surface area contributed by atoms with Gasteiger partial charge in [-0.15, -0.1) is 0 Å². The number of fused-ring (bicyclic) bond motifs is 3. The lowest BCUT2D eigenvalue weighted by Gasteiger charge is -2.37. The largest absolute Gasteiger partial charge is 0.478 e. The molecule has 180 valence electrons. The number of hydrogen-bond acceptors (Lipinski definition) is 8. The summed E-state index contributed by atoms with van der Waals surface area (Å²) in [5, 5.41) is 7.85. The van der Waals surface area contributed by atoms with Crippen molar-refractivity contribution in [2.45, 2.75) is 45.3 Å². The molecule has 2 saturated heterocycles. The van der Waals surface area contributed by atoms with Crippen LogP contribution in [0.2, 0.25) is 0 Å². The number of nitrogens with one attached hydrogen (secondary N) is 1. The number of anilines is 3. The third-order valence-corrected chi connectivity index (χ3v) is 7.03. The fraction of sp³-hybridized carbons (Fsp3) is 0.385. The molecular weight excluding hydrogens is 440 g/mol. The van der Waals surface area contributed by atoms with E-state index in [1.54, 1.807) is 23.2 Å². The first kappa shape index (κ1) is 21.8. The first-order valence-electron chi connectivity index (χ1n) is 12.3. The van der Waals surface area contributed by atoms with Gasteiger partial charge in [-0.25, -0.2) is 19.5 Å². The molecule has 9 heteroatoms. The maximum Gasteiger partial charge on any atom is 0.213 e. The van der Waals surface area contributed by atoms with Gasteiger partial charge in [0.1, 0.15) is 6.33 Å². The van der Waals surface area contributed by atoms with Crippen LogP contribution in [0.25, 0.3) is 16.9 Å². The molecule has 2 aliphatic heterocycles. The lowest BCUT2D eigenvalue weighted by atomic mass is 10.2. The molecule has 9 nitrogen and oxygen atoms in total. The van der Waals surface area contributed by atoms with Gasteiger partial charge in [0.2, 0.25) is 5.88 Å². The van der Waals surface area contributed by atoms with Crippen LogP contribution in [0.3, 0.4) is 0 Å². The van der Waals surface area contributed by atoms with E-state index in [0.29, 0.717) is 42.1 Å². The number of rotatable bonds is 7. The lowest BCUT2D eigenvalue weighted by molar-refractivity contribution is 0.191. The summed E-state index contributed by atoms with van der Waals surface area (Å²) in [6.07, 6.45) is 6.33. The van der Waals surface area contributed by atoms with Crippen LogP contribution in [0.15, 0.2) is 55.1 Å². The molecule has 0 spiro atoms. The van der Waals surface area contributed by atoms with Crippen molar-refractivity contribution in [2.75, 3.05) is 29.9 Å². The highest BCUT2D eigenvalue weighted by Gasteiger charge is 2.43. The molecule has 2 atom stereocenters. The number of piperazine rings is 1. The Morgan fingerprint density at radius 3 is 2.66 bits per heavy atom. The second-order valence-electron chi connectivity index (χ2n) is 9.46. The predicted octanol–water partition coefficient (Wildman–Crippen LogP) is 4.00. The molecule has 0 saturated carbocycles. The standard InChI is InChI=1S/C26H30N8O/c1-4-35-24-11-18(9-10-27-24)23-13-28-25(26-29-16-30-34(23)26)31-19-5-7-20(8-6-19)33-15-21-12-22(33)14-32(21)17(2)3/h5-11,13,16-17,21-22H,4,12,14-15H2,1-3H3,(H,28,31)/t21-,22-/m1/s1. The SMILES string of the molecule is CCOc1cc(-c2cnc(Nc3ccc(N4C[C@H]5C[C@@H]4CN5C(C)C)cc3)c3ncnn23)ccn1. The van der Waals surface area contributed by atoms with E-state index < -0.39 is 0 Å². The summed E-state index contributed by atoms with van der Waals surface area (Å²) in [5.74, 6) is 1.23. The molecular formula is C26H30N8O. The summed E-state index contributed by atoms with van der Waals surface area (Å²) in [4.78, 5) is 18.6. The Hall–Kier alpha value is -3.72. The highest BCUT2D eigenvalue weighted by atomic mass is 16.5. The van der Waals surface area contributed by atoms with Gasteiger partial charge < -0.3 is 15.0 Å². The molecule has 1 aromatic carbocycles. The third kappa shape index (κ3) is 3.95. The number of nitrogens with zero attached hydrogens (tertiary/aromatic N) is 7. The normalized spacial score (nSPS) is 19.7.